The molecule has 100 valence electrons. The number of anilines is 1. The molecule has 0 radical (unpaired) electrons. The number of carboxylic acids is 1. The fourth-order valence-corrected chi connectivity index (χ4v) is 1.75. The smallest absolute Gasteiger partial charge is 0.338 e. The largest absolute Gasteiger partial charge is 0.478 e. The van der Waals surface area contributed by atoms with Crippen LogP contribution in [0.5, 0.6) is 0 Å². The topological polar surface area (TPSA) is 73.1 Å². The van der Waals surface area contributed by atoms with Crippen molar-refractivity contribution in [3.63, 3.8) is 0 Å². The Hall–Kier alpha value is -2.87. The monoisotopic (exact) mass is 270 g/mol. The van der Waals surface area contributed by atoms with Crippen molar-refractivity contribution in [3.8, 4) is 6.07 Å². The molecule has 2 rings (SSSR count). The fourth-order valence-electron chi connectivity index (χ4n) is 1.75. The Morgan fingerprint density at radius 2 is 2.10 bits per heavy atom. The van der Waals surface area contributed by atoms with Crippen molar-refractivity contribution in [2.24, 2.45) is 0 Å². The minimum absolute atomic E-state index is 0.374. The lowest BCUT2D eigenvalue weighted by atomic mass is 10.1. The van der Waals surface area contributed by atoms with E-state index >= 15 is 0 Å². The average molecular weight is 270 g/mol. The summed E-state index contributed by atoms with van der Waals surface area (Å²) in [5.74, 6) is -2.08. The molecule has 20 heavy (non-hydrogen) atoms. The number of nitrogens with zero attached hydrogens (tertiary/aromatic N) is 1. The SMILES string of the molecule is N#Cc1cccc(CNc2ccc(F)c(C(=O)O)c2)c1. The molecule has 0 spiro atoms. The summed E-state index contributed by atoms with van der Waals surface area (Å²) in [7, 11) is 0. The van der Waals surface area contributed by atoms with Crippen molar-refractivity contribution >= 4 is 11.7 Å². The van der Waals surface area contributed by atoms with Gasteiger partial charge in [0.2, 0.25) is 0 Å². The Bertz CT molecular complexity index is 693. The number of carboxylic acid groups (broad SMARTS) is 1. The normalized spacial score (nSPS) is 9.80. The highest BCUT2D eigenvalue weighted by atomic mass is 19.1. The molecular weight excluding hydrogens is 259 g/mol. The highest BCUT2D eigenvalue weighted by Crippen LogP contribution is 2.16. The van der Waals surface area contributed by atoms with Gasteiger partial charge in [0.1, 0.15) is 5.82 Å². The molecular formula is C15H11FN2O2. The zero-order valence-electron chi connectivity index (χ0n) is 10.4. The van der Waals surface area contributed by atoms with E-state index in [0.717, 1.165) is 11.6 Å². The van der Waals surface area contributed by atoms with Crippen LogP contribution >= 0.6 is 0 Å². The molecule has 2 aromatic carbocycles. The van der Waals surface area contributed by atoms with Crippen LogP contribution in [0.25, 0.3) is 0 Å². The number of nitriles is 1. The summed E-state index contributed by atoms with van der Waals surface area (Å²) >= 11 is 0. The van der Waals surface area contributed by atoms with E-state index in [-0.39, 0.29) is 5.56 Å². The van der Waals surface area contributed by atoms with Gasteiger partial charge >= 0.3 is 5.97 Å². The van der Waals surface area contributed by atoms with Crippen molar-refractivity contribution < 1.29 is 14.3 Å². The molecule has 0 aliphatic heterocycles. The molecule has 0 fully saturated rings. The Labute approximate surface area is 115 Å². The zero-order valence-corrected chi connectivity index (χ0v) is 10.4. The van der Waals surface area contributed by atoms with E-state index in [2.05, 4.69) is 5.32 Å². The summed E-state index contributed by atoms with van der Waals surface area (Å²) < 4.78 is 13.2. The van der Waals surface area contributed by atoms with E-state index < -0.39 is 11.8 Å². The first-order chi connectivity index (χ1) is 9.60. The summed E-state index contributed by atoms with van der Waals surface area (Å²) in [5.41, 5.74) is 1.56. The standard InChI is InChI=1S/C15H11FN2O2/c16-14-5-4-12(7-13(14)15(19)20)18-9-11-3-1-2-10(6-11)8-17/h1-7,18H,9H2,(H,19,20). The Balaban J connectivity index is 2.13. The highest BCUT2D eigenvalue weighted by molar-refractivity contribution is 5.89. The van der Waals surface area contributed by atoms with Crippen molar-refractivity contribution in [3.05, 3.63) is 65.0 Å². The molecule has 0 unspecified atom stereocenters. The van der Waals surface area contributed by atoms with Crippen molar-refractivity contribution in [2.45, 2.75) is 6.54 Å². The van der Waals surface area contributed by atoms with Crippen molar-refractivity contribution in [1.82, 2.24) is 0 Å². The van der Waals surface area contributed by atoms with Gasteiger partial charge in [0, 0.05) is 12.2 Å². The Morgan fingerprint density at radius 1 is 1.30 bits per heavy atom. The van der Waals surface area contributed by atoms with Crippen LogP contribution in [0.4, 0.5) is 10.1 Å². The van der Waals surface area contributed by atoms with Gasteiger partial charge < -0.3 is 10.4 Å². The predicted octanol–water partition coefficient (Wildman–Crippen LogP) is 3.01. The summed E-state index contributed by atoms with van der Waals surface area (Å²) in [4.78, 5) is 10.8. The molecule has 0 aromatic heterocycles. The lowest BCUT2D eigenvalue weighted by molar-refractivity contribution is 0.0692. The zero-order chi connectivity index (χ0) is 14.5. The van der Waals surface area contributed by atoms with Crippen LogP contribution in [-0.2, 0) is 6.54 Å². The Kier molecular flexibility index (Phi) is 3.96. The van der Waals surface area contributed by atoms with Gasteiger partial charge in [-0.1, -0.05) is 12.1 Å². The van der Waals surface area contributed by atoms with E-state index in [9.17, 15) is 9.18 Å². The molecule has 0 aliphatic carbocycles. The van der Waals surface area contributed by atoms with Gasteiger partial charge in [-0.2, -0.15) is 5.26 Å². The molecule has 5 heteroatoms. The van der Waals surface area contributed by atoms with Crippen LogP contribution in [0.1, 0.15) is 21.5 Å². The van der Waals surface area contributed by atoms with Crippen LogP contribution in [0.3, 0.4) is 0 Å². The maximum absolute atomic E-state index is 13.2. The van der Waals surface area contributed by atoms with Gasteiger partial charge in [0.25, 0.3) is 0 Å². The van der Waals surface area contributed by atoms with Gasteiger partial charge in [0.05, 0.1) is 17.2 Å². The van der Waals surface area contributed by atoms with Gasteiger partial charge in [-0.25, -0.2) is 9.18 Å². The van der Waals surface area contributed by atoms with E-state index in [1.54, 1.807) is 18.2 Å². The lowest BCUT2D eigenvalue weighted by Crippen LogP contribution is -2.04. The third kappa shape index (κ3) is 3.12. The number of nitrogens with one attached hydrogen (secondary N) is 1. The molecule has 0 aliphatic rings. The van der Waals surface area contributed by atoms with Crippen LogP contribution in [-0.4, -0.2) is 11.1 Å². The van der Waals surface area contributed by atoms with Crippen LogP contribution in [0, 0.1) is 17.1 Å². The van der Waals surface area contributed by atoms with Crippen molar-refractivity contribution in [1.29, 1.82) is 5.26 Å². The first-order valence-electron chi connectivity index (χ1n) is 5.86. The van der Waals surface area contributed by atoms with Crippen LogP contribution in [0.2, 0.25) is 0 Å². The molecule has 0 atom stereocenters. The molecule has 0 saturated heterocycles. The number of halogens is 1. The molecule has 0 saturated carbocycles. The summed E-state index contributed by atoms with van der Waals surface area (Å²) in [6.07, 6.45) is 0. The number of aromatic carboxylic acids is 1. The molecule has 0 heterocycles. The van der Waals surface area contributed by atoms with Gasteiger partial charge in [-0.3, -0.25) is 0 Å². The molecule has 4 nitrogen and oxygen atoms in total. The predicted molar refractivity (Wildman–Crippen MR) is 71.8 cm³/mol. The average Bonchev–Trinajstić information content (AvgIpc) is 2.46. The van der Waals surface area contributed by atoms with Crippen LogP contribution < -0.4 is 5.32 Å². The molecule has 2 N–H and O–H groups in total. The first-order valence-corrected chi connectivity index (χ1v) is 5.86. The summed E-state index contributed by atoms with van der Waals surface area (Å²) in [6, 6.07) is 12.9. The number of benzene rings is 2. The minimum Gasteiger partial charge on any atom is -0.478 e. The van der Waals surface area contributed by atoms with E-state index in [1.807, 2.05) is 12.1 Å². The third-order valence-electron chi connectivity index (χ3n) is 2.75. The highest BCUT2D eigenvalue weighted by Gasteiger charge is 2.10. The van der Waals surface area contributed by atoms with E-state index in [1.165, 1.54) is 12.1 Å². The maximum Gasteiger partial charge on any atom is 0.338 e. The van der Waals surface area contributed by atoms with Gasteiger partial charge in [-0.05, 0) is 35.9 Å². The van der Waals surface area contributed by atoms with Crippen LogP contribution in [0.15, 0.2) is 42.5 Å². The second-order valence-corrected chi connectivity index (χ2v) is 4.17. The van der Waals surface area contributed by atoms with Gasteiger partial charge in [0.15, 0.2) is 0 Å². The molecule has 2 aromatic rings. The quantitative estimate of drug-likeness (QED) is 0.895. The first kappa shape index (κ1) is 13.6. The number of rotatable bonds is 4. The second kappa shape index (κ2) is 5.85. The summed E-state index contributed by atoms with van der Waals surface area (Å²) in [6.45, 7) is 0.417. The third-order valence-corrected chi connectivity index (χ3v) is 2.75. The number of carbonyl (C=O) groups is 1. The number of hydrogen-bond acceptors (Lipinski definition) is 3. The Morgan fingerprint density at radius 3 is 2.80 bits per heavy atom. The molecule has 0 bridgehead atoms. The molecule has 0 amide bonds. The van der Waals surface area contributed by atoms with E-state index in [4.69, 9.17) is 10.4 Å². The summed E-state index contributed by atoms with van der Waals surface area (Å²) in [5, 5.41) is 20.6. The van der Waals surface area contributed by atoms with Gasteiger partial charge in [-0.15, -0.1) is 0 Å². The number of hydrogen-bond donors (Lipinski definition) is 2. The lowest BCUT2D eigenvalue weighted by Gasteiger charge is -2.08. The van der Waals surface area contributed by atoms with Crippen molar-refractivity contribution in [2.75, 3.05) is 5.32 Å². The minimum atomic E-state index is -1.31. The second-order valence-electron chi connectivity index (χ2n) is 4.17. The van der Waals surface area contributed by atoms with E-state index in [0.29, 0.717) is 17.8 Å². The fraction of sp³-hybridized carbons (Fsp3) is 0.0667. The maximum atomic E-state index is 13.2.